The second-order valence-corrected chi connectivity index (χ2v) is 7.51. The van der Waals surface area contributed by atoms with Crippen molar-refractivity contribution >= 4 is 0 Å². The predicted octanol–water partition coefficient (Wildman–Crippen LogP) is 2.12. The normalized spacial score (nSPS) is 37.7. The van der Waals surface area contributed by atoms with Gasteiger partial charge in [-0.15, -0.1) is 0 Å². The number of nitrogens with zero attached hydrogens (tertiary/aromatic N) is 2. The summed E-state index contributed by atoms with van der Waals surface area (Å²) in [6.07, 6.45) is 5.37. The minimum absolute atomic E-state index is 0.197. The van der Waals surface area contributed by atoms with Gasteiger partial charge in [-0.3, -0.25) is 15.0 Å². The van der Waals surface area contributed by atoms with Crippen LogP contribution in [-0.4, -0.2) is 53.2 Å². The molecule has 0 aromatic heterocycles. The van der Waals surface area contributed by atoms with E-state index in [1.54, 1.807) is 12.1 Å². The first-order chi connectivity index (χ1) is 10.3. The molecule has 126 valence electrons. The number of rotatable bonds is 3. The van der Waals surface area contributed by atoms with Crippen LogP contribution in [0, 0.1) is 10.1 Å². The Labute approximate surface area is 131 Å². The van der Waals surface area contributed by atoms with Gasteiger partial charge in [-0.05, 0) is 26.7 Å². The first kappa shape index (κ1) is 16.1. The van der Waals surface area contributed by atoms with E-state index < -0.39 is 16.9 Å². The number of ether oxygens (including phenoxy) is 2. The summed E-state index contributed by atoms with van der Waals surface area (Å²) < 4.78 is 12.3. The zero-order valence-corrected chi connectivity index (χ0v) is 13.7. The summed E-state index contributed by atoms with van der Waals surface area (Å²) in [5.41, 5.74) is -1.20. The SMILES string of the molecule is CN1OC(C)(C)C[C@@]1(C[N+](=O)[O-])[C@H]1COC2(CCCCC2)O1. The molecule has 0 unspecified atom stereocenters. The molecule has 1 saturated carbocycles. The van der Waals surface area contributed by atoms with Gasteiger partial charge in [0.15, 0.2) is 5.79 Å². The maximum atomic E-state index is 11.3. The lowest BCUT2D eigenvalue weighted by atomic mass is 9.83. The van der Waals surface area contributed by atoms with Gasteiger partial charge in [0, 0.05) is 31.2 Å². The summed E-state index contributed by atoms with van der Waals surface area (Å²) in [4.78, 5) is 16.8. The van der Waals surface area contributed by atoms with Crippen molar-refractivity contribution in [1.29, 1.82) is 0 Å². The van der Waals surface area contributed by atoms with E-state index in [1.807, 2.05) is 13.8 Å². The van der Waals surface area contributed by atoms with Crippen molar-refractivity contribution in [3.8, 4) is 0 Å². The lowest BCUT2D eigenvalue weighted by molar-refractivity contribution is -0.502. The highest BCUT2D eigenvalue weighted by atomic mass is 16.8. The van der Waals surface area contributed by atoms with Crippen molar-refractivity contribution in [3.63, 3.8) is 0 Å². The number of nitro groups is 1. The summed E-state index contributed by atoms with van der Waals surface area (Å²) in [5, 5.41) is 12.9. The fraction of sp³-hybridized carbons (Fsp3) is 1.00. The highest BCUT2D eigenvalue weighted by Crippen LogP contribution is 2.47. The Kier molecular flexibility index (Phi) is 3.96. The molecule has 0 bridgehead atoms. The molecule has 0 amide bonds. The molecule has 2 aliphatic heterocycles. The molecule has 1 spiro atoms. The van der Waals surface area contributed by atoms with Crippen LogP contribution in [0.3, 0.4) is 0 Å². The third-order valence-corrected chi connectivity index (χ3v) is 5.22. The van der Waals surface area contributed by atoms with E-state index in [0.717, 1.165) is 25.7 Å². The first-order valence-corrected chi connectivity index (χ1v) is 8.14. The van der Waals surface area contributed by atoms with Crippen LogP contribution in [0.2, 0.25) is 0 Å². The average Bonchev–Trinajstić information content (AvgIpc) is 2.90. The topological polar surface area (TPSA) is 74.1 Å². The van der Waals surface area contributed by atoms with Crippen LogP contribution in [-0.2, 0) is 14.3 Å². The maximum Gasteiger partial charge on any atom is 0.227 e. The summed E-state index contributed by atoms with van der Waals surface area (Å²) in [6, 6.07) is 0. The van der Waals surface area contributed by atoms with Crippen LogP contribution >= 0.6 is 0 Å². The van der Waals surface area contributed by atoms with E-state index in [2.05, 4.69) is 0 Å². The summed E-state index contributed by atoms with van der Waals surface area (Å²) in [6.45, 7) is 4.11. The molecule has 0 radical (unpaired) electrons. The lowest BCUT2D eigenvalue weighted by Crippen LogP contribution is -2.57. The molecule has 7 nitrogen and oxygen atoms in total. The molecule has 0 aromatic rings. The van der Waals surface area contributed by atoms with Crippen LogP contribution in [0.1, 0.15) is 52.4 Å². The zero-order chi connectivity index (χ0) is 16.0. The second-order valence-electron chi connectivity index (χ2n) is 7.51. The van der Waals surface area contributed by atoms with E-state index in [4.69, 9.17) is 14.3 Å². The smallest absolute Gasteiger partial charge is 0.227 e. The summed E-state index contributed by atoms with van der Waals surface area (Å²) >= 11 is 0. The van der Waals surface area contributed by atoms with E-state index in [9.17, 15) is 10.1 Å². The minimum Gasteiger partial charge on any atom is -0.347 e. The largest absolute Gasteiger partial charge is 0.347 e. The monoisotopic (exact) mass is 314 g/mol. The molecule has 3 rings (SSSR count). The van der Waals surface area contributed by atoms with E-state index in [-0.39, 0.29) is 17.6 Å². The van der Waals surface area contributed by atoms with Gasteiger partial charge < -0.3 is 9.47 Å². The fourth-order valence-corrected chi connectivity index (χ4v) is 4.31. The van der Waals surface area contributed by atoms with Crippen LogP contribution < -0.4 is 0 Å². The fourth-order valence-electron chi connectivity index (χ4n) is 4.31. The Hall–Kier alpha value is -0.760. The molecular weight excluding hydrogens is 288 g/mol. The Balaban J connectivity index is 1.83. The van der Waals surface area contributed by atoms with Crippen molar-refractivity contribution in [2.45, 2.75) is 75.4 Å². The lowest BCUT2D eigenvalue weighted by Gasteiger charge is -2.37. The number of hydrogen-bond donors (Lipinski definition) is 0. The molecule has 22 heavy (non-hydrogen) atoms. The molecule has 3 fully saturated rings. The van der Waals surface area contributed by atoms with E-state index in [1.165, 1.54) is 6.42 Å². The quantitative estimate of drug-likeness (QED) is 0.587. The molecule has 0 aromatic carbocycles. The minimum atomic E-state index is -0.770. The first-order valence-electron chi connectivity index (χ1n) is 8.14. The zero-order valence-electron chi connectivity index (χ0n) is 13.7. The van der Waals surface area contributed by atoms with Gasteiger partial charge in [-0.2, -0.15) is 5.06 Å². The van der Waals surface area contributed by atoms with Crippen LogP contribution in [0.4, 0.5) is 0 Å². The third-order valence-electron chi connectivity index (χ3n) is 5.22. The Morgan fingerprint density at radius 3 is 2.50 bits per heavy atom. The highest BCUT2D eigenvalue weighted by molar-refractivity contribution is 5.05. The standard InChI is InChI=1S/C15H26N2O5/c1-13(2)10-14(11-17(18)19,16(3)22-13)12-9-20-15(21-12)7-5-4-6-8-15/h12H,4-11H2,1-3H3/t12-,14-/m1/s1. The second kappa shape index (κ2) is 5.40. The highest BCUT2D eigenvalue weighted by Gasteiger charge is 2.61. The van der Waals surface area contributed by atoms with Crippen molar-refractivity contribution in [2.24, 2.45) is 0 Å². The summed E-state index contributed by atoms with van der Waals surface area (Å²) in [5.74, 6) is -0.528. The van der Waals surface area contributed by atoms with Crippen molar-refractivity contribution in [1.82, 2.24) is 5.06 Å². The Morgan fingerprint density at radius 1 is 1.27 bits per heavy atom. The third kappa shape index (κ3) is 2.75. The van der Waals surface area contributed by atoms with Gasteiger partial charge in [0.1, 0.15) is 11.6 Å². The van der Waals surface area contributed by atoms with Gasteiger partial charge in [-0.25, -0.2) is 0 Å². The van der Waals surface area contributed by atoms with Crippen molar-refractivity contribution in [2.75, 3.05) is 20.2 Å². The number of hydroxylamine groups is 2. The van der Waals surface area contributed by atoms with Gasteiger partial charge in [0.05, 0.1) is 12.2 Å². The summed E-state index contributed by atoms with van der Waals surface area (Å²) in [7, 11) is 1.77. The van der Waals surface area contributed by atoms with Crippen molar-refractivity contribution < 1.29 is 19.2 Å². The molecule has 3 aliphatic rings. The van der Waals surface area contributed by atoms with Gasteiger partial charge in [0.25, 0.3) is 0 Å². The van der Waals surface area contributed by atoms with Crippen LogP contribution in [0.5, 0.6) is 0 Å². The predicted molar refractivity (Wildman–Crippen MR) is 78.8 cm³/mol. The van der Waals surface area contributed by atoms with E-state index in [0.29, 0.717) is 13.0 Å². The molecule has 2 saturated heterocycles. The molecule has 2 heterocycles. The Bertz CT molecular complexity index is 449. The molecular formula is C15H26N2O5. The van der Waals surface area contributed by atoms with Gasteiger partial charge in [-0.1, -0.05) is 6.42 Å². The molecule has 1 aliphatic carbocycles. The van der Waals surface area contributed by atoms with Crippen molar-refractivity contribution in [3.05, 3.63) is 10.1 Å². The number of hydrogen-bond acceptors (Lipinski definition) is 6. The van der Waals surface area contributed by atoms with Gasteiger partial charge >= 0.3 is 0 Å². The molecule has 0 N–H and O–H groups in total. The van der Waals surface area contributed by atoms with E-state index >= 15 is 0 Å². The average molecular weight is 314 g/mol. The molecule has 2 atom stereocenters. The van der Waals surface area contributed by atoms with Gasteiger partial charge in [0.2, 0.25) is 6.54 Å². The molecule has 7 heteroatoms. The number of likely N-dealkylation sites (N-methyl/N-ethyl adjacent to an activating group) is 1. The van der Waals surface area contributed by atoms with Crippen LogP contribution in [0.15, 0.2) is 0 Å². The Morgan fingerprint density at radius 2 is 1.95 bits per heavy atom. The van der Waals surface area contributed by atoms with Crippen LogP contribution in [0.25, 0.3) is 0 Å². The maximum absolute atomic E-state index is 11.3.